The largest absolute Gasteiger partial charge is 0.416 e. The maximum Gasteiger partial charge on any atom is 0.416 e. The molecule has 0 fully saturated rings. The summed E-state index contributed by atoms with van der Waals surface area (Å²) in [5.41, 5.74) is -0.780. The number of hydrogen-bond acceptors (Lipinski definition) is 2. The monoisotopic (exact) mass is 245 g/mol. The van der Waals surface area contributed by atoms with Gasteiger partial charge in [-0.2, -0.15) is 13.2 Å². The quantitative estimate of drug-likeness (QED) is 0.454. The topological polar surface area (TPSA) is 32.6 Å². The Balaban J connectivity index is 3.25. The first-order valence-corrected chi connectivity index (χ1v) is 5.06. The number of alkyl halides is 3. The molecule has 17 heavy (non-hydrogen) atoms. The Hall–Kier alpha value is -1.52. The normalized spacial score (nSPS) is 13.9. The molecule has 1 aromatic carbocycles. The molecule has 0 atom stereocenters. The van der Waals surface area contributed by atoms with Crippen molar-refractivity contribution in [2.45, 2.75) is 26.9 Å². The van der Waals surface area contributed by atoms with Gasteiger partial charge in [0.15, 0.2) is 0 Å². The maximum absolute atomic E-state index is 12.5. The summed E-state index contributed by atoms with van der Waals surface area (Å²) in [5, 5.41) is 12.0. The van der Waals surface area contributed by atoms with Gasteiger partial charge in [-0.05, 0) is 12.1 Å². The molecular formula is C12H14F3NO. The van der Waals surface area contributed by atoms with Gasteiger partial charge >= 0.3 is 6.18 Å². The Bertz CT molecular complexity index is 430. The number of nitrogens with zero attached hydrogens (tertiary/aromatic N) is 1. The molecule has 0 saturated carbocycles. The Morgan fingerprint density at radius 3 is 2.18 bits per heavy atom. The zero-order valence-electron chi connectivity index (χ0n) is 9.84. The summed E-state index contributed by atoms with van der Waals surface area (Å²) < 4.78 is 37.6. The van der Waals surface area contributed by atoms with E-state index in [2.05, 4.69) is 5.16 Å². The fourth-order valence-electron chi connectivity index (χ4n) is 1.48. The summed E-state index contributed by atoms with van der Waals surface area (Å²) in [6.45, 7) is 5.30. The van der Waals surface area contributed by atoms with Gasteiger partial charge in [-0.15, -0.1) is 0 Å². The summed E-state index contributed by atoms with van der Waals surface area (Å²) in [4.78, 5) is 0. The van der Waals surface area contributed by atoms with Gasteiger partial charge in [-0.3, -0.25) is 0 Å². The van der Waals surface area contributed by atoms with Crippen LogP contribution in [0, 0.1) is 5.41 Å². The molecule has 1 aromatic rings. The minimum absolute atomic E-state index is 0.226. The molecule has 0 aliphatic rings. The predicted octanol–water partition coefficient (Wildman–Crippen LogP) is 3.93. The SMILES string of the molecule is CC(C)(C)/C(=N\O)c1cccc(C(F)(F)F)c1. The van der Waals surface area contributed by atoms with E-state index in [1.807, 2.05) is 0 Å². The average Bonchev–Trinajstić information content (AvgIpc) is 2.15. The third-order valence-corrected chi connectivity index (χ3v) is 2.27. The molecule has 94 valence electrons. The molecule has 0 heterocycles. The van der Waals surface area contributed by atoms with Crippen LogP contribution in [0.5, 0.6) is 0 Å². The van der Waals surface area contributed by atoms with Crippen molar-refractivity contribution < 1.29 is 18.4 Å². The Morgan fingerprint density at radius 2 is 1.76 bits per heavy atom. The average molecular weight is 245 g/mol. The van der Waals surface area contributed by atoms with E-state index in [4.69, 9.17) is 5.21 Å². The van der Waals surface area contributed by atoms with Crippen LogP contribution in [0.25, 0.3) is 0 Å². The number of halogens is 3. The second kappa shape index (κ2) is 4.39. The molecule has 0 saturated heterocycles. The Morgan fingerprint density at radius 1 is 1.18 bits per heavy atom. The summed E-state index contributed by atoms with van der Waals surface area (Å²) in [7, 11) is 0. The molecule has 2 nitrogen and oxygen atoms in total. The lowest BCUT2D eigenvalue weighted by atomic mass is 9.85. The first kappa shape index (κ1) is 13.5. The maximum atomic E-state index is 12.5. The Labute approximate surface area is 97.8 Å². The van der Waals surface area contributed by atoms with Gasteiger partial charge in [0.2, 0.25) is 0 Å². The van der Waals surface area contributed by atoms with Gasteiger partial charge < -0.3 is 5.21 Å². The minimum atomic E-state index is -4.39. The third-order valence-electron chi connectivity index (χ3n) is 2.27. The van der Waals surface area contributed by atoms with Gasteiger partial charge in [-0.25, -0.2) is 0 Å². The zero-order chi connectivity index (χ0) is 13.3. The van der Waals surface area contributed by atoms with Crippen LogP contribution in [0.3, 0.4) is 0 Å². The lowest BCUT2D eigenvalue weighted by Gasteiger charge is -2.20. The van der Waals surface area contributed by atoms with Crippen molar-refractivity contribution in [3.8, 4) is 0 Å². The van der Waals surface area contributed by atoms with Gasteiger partial charge in [0.05, 0.1) is 11.3 Å². The van der Waals surface area contributed by atoms with Crippen LogP contribution < -0.4 is 0 Å². The lowest BCUT2D eigenvalue weighted by molar-refractivity contribution is -0.137. The van der Waals surface area contributed by atoms with Gasteiger partial charge in [0.1, 0.15) is 0 Å². The fourth-order valence-corrected chi connectivity index (χ4v) is 1.48. The van der Waals surface area contributed by atoms with E-state index in [1.165, 1.54) is 12.1 Å². The minimum Gasteiger partial charge on any atom is -0.411 e. The molecule has 1 N–H and O–H groups in total. The van der Waals surface area contributed by atoms with E-state index in [-0.39, 0.29) is 11.3 Å². The fraction of sp³-hybridized carbons (Fsp3) is 0.417. The molecule has 0 amide bonds. The van der Waals surface area contributed by atoms with Crippen molar-refractivity contribution in [1.29, 1.82) is 0 Å². The summed E-state index contributed by atoms with van der Waals surface area (Å²) >= 11 is 0. The van der Waals surface area contributed by atoms with Crippen LogP contribution in [0.1, 0.15) is 31.9 Å². The number of rotatable bonds is 1. The van der Waals surface area contributed by atoms with Crippen molar-refractivity contribution >= 4 is 5.71 Å². The lowest BCUT2D eigenvalue weighted by Crippen LogP contribution is -2.22. The van der Waals surface area contributed by atoms with Crippen molar-refractivity contribution in [3.63, 3.8) is 0 Å². The highest BCUT2D eigenvalue weighted by atomic mass is 19.4. The zero-order valence-corrected chi connectivity index (χ0v) is 9.84. The summed E-state index contributed by atoms with van der Waals surface area (Å²) in [6, 6.07) is 4.77. The van der Waals surface area contributed by atoms with Crippen LogP contribution in [-0.4, -0.2) is 10.9 Å². The summed E-state index contributed by atoms with van der Waals surface area (Å²) in [6.07, 6.45) is -4.39. The highest BCUT2D eigenvalue weighted by molar-refractivity contribution is 6.03. The molecule has 0 unspecified atom stereocenters. The third kappa shape index (κ3) is 3.22. The van der Waals surface area contributed by atoms with Crippen LogP contribution in [0.2, 0.25) is 0 Å². The molecular weight excluding hydrogens is 231 g/mol. The predicted molar refractivity (Wildman–Crippen MR) is 59.2 cm³/mol. The van der Waals surface area contributed by atoms with E-state index in [9.17, 15) is 13.2 Å². The van der Waals surface area contributed by atoms with Crippen LogP contribution in [0.4, 0.5) is 13.2 Å². The summed E-state index contributed by atoms with van der Waals surface area (Å²) in [5.74, 6) is 0. The van der Waals surface area contributed by atoms with Crippen molar-refractivity contribution in [1.82, 2.24) is 0 Å². The molecule has 5 heteroatoms. The molecule has 0 spiro atoms. The first-order chi connectivity index (χ1) is 7.66. The molecule has 1 rings (SSSR count). The standard InChI is InChI=1S/C12H14F3NO/c1-11(2,3)10(16-17)8-5-4-6-9(7-8)12(13,14)15/h4-7,17H,1-3H3/b16-10-. The van der Waals surface area contributed by atoms with Gasteiger partial charge in [0, 0.05) is 11.0 Å². The second-order valence-corrected chi connectivity index (χ2v) is 4.78. The van der Waals surface area contributed by atoms with E-state index in [0.29, 0.717) is 0 Å². The first-order valence-electron chi connectivity index (χ1n) is 5.06. The number of hydrogen-bond donors (Lipinski definition) is 1. The van der Waals surface area contributed by atoms with E-state index >= 15 is 0 Å². The molecule has 0 aromatic heterocycles. The Kier molecular flexibility index (Phi) is 3.50. The number of benzene rings is 1. The second-order valence-electron chi connectivity index (χ2n) is 4.78. The molecule has 0 aliphatic heterocycles. The molecule has 0 radical (unpaired) electrons. The van der Waals surface area contributed by atoms with Crippen LogP contribution in [-0.2, 0) is 6.18 Å². The van der Waals surface area contributed by atoms with Gasteiger partial charge in [0.25, 0.3) is 0 Å². The highest BCUT2D eigenvalue weighted by Crippen LogP contribution is 2.31. The smallest absolute Gasteiger partial charge is 0.411 e. The van der Waals surface area contributed by atoms with E-state index in [0.717, 1.165) is 12.1 Å². The van der Waals surface area contributed by atoms with Crippen molar-refractivity contribution in [2.24, 2.45) is 10.6 Å². The van der Waals surface area contributed by atoms with Crippen LogP contribution >= 0.6 is 0 Å². The van der Waals surface area contributed by atoms with E-state index < -0.39 is 17.2 Å². The van der Waals surface area contributed by atoms with E-state index in [1.54, 1.807) is 20.8 Å². The van der Waals surface area contributed by atoms with Crippen molar-refractivity contribution in [3.05, 3.63) is 35.4 Å². The highest BCUT2D eigenvalue weighted by Gasteiger charge is 2.31. The van der Waals surface area contributed by atoms with Crippen molar-refractivity contribution in [2.75, 3.05) is 0 Å². The number of oxime groups is 1. The van der Waals surface area contributed by atoms with Crippen LogP contribution in [0.15, 0.2) is 29.4 Å². The van der Waals surface area contributed by atoms with Gasteiger partial charge in [-0.1, -0.05) is 38.1 Å². The molecule has 0 aliphatic carbocycles. The molecule has 0 bridgehead atoms.